The van der Waals surface area contributed by atoms with Crippen LogP contribution in [0.3, 0.4) is 0 Å². The molecule has 1 aliphatic rings. The van der Waals surface area contributed by atoms with Gasteiger partial charge in [-0.25, -0.2) is 0 Å². The van der Waals surface area contributed by atoms with Gasteiger partial charge in [-0.3, -0.25) is 14.5 Å². The van der Waals surface area contributed by atoms with Gasteiger partial charge in [0.15, 0.2) is 0 Å². The first-order chi connectivity index (χ1) is 5.66. The first-order valence-electron chi connectivity index (χ1n) is 3.83. The average molecular weight is 188 g/mol. The van der Waals surface area contributed by atoms with Gasteiger partial charge in [0, 0.05) is 19.5 Å². The van der Waals surface area contributed by atoms with Gasteiger partial charge >= 0.3 is 0 Å². The smallest absolute Gasteiger partial charge is 0.242 e. The minimum Gasteiger partial charge on any atom is -0.318 e. The van der Waals surface area contributed by atoms with Crippen molar-refractivity contribution in [2.45, 2.75) is 11.7 Å². The number of carbonyl (C=O) groups is 2. The van der Waals surface area contributed by atoms with Gasteiger partial charge in [0.25, 0.3) is 0 Å². The first kappa shape index (κ1) is 9.54. The molecule has 2 amide bonds. The lowest BCUT2D eigenvalue weighted by atomic mass is 10.4. The SMILES string of the molecule is CNCCN1C(=O)CC(S)C1=O. The third kappa shape index (κ3) is 1.78. The number of rotatable bonds is 3. The van der Waals surface area contributed by atoms with Crippen LogP contribution in [-0.4, -0.2) is 42.1 Å². The van der Waals surface area contributed by atoms with E-state index >= 15 is 0 Å². The van der Waals surface area contributed by atoms with Crippen molar-refractivity contribution in [2.24, 2.45) is 0 Å². The number of thiol groups is 1. The maximum atomic E-state index is 11.2. The fraction of sp³-hybridized carbons (Fsp3) is 0.714. The van der Waals surface area contributed by atoms with Crippen molar-refractivity contribution >= 4 is 24.4 Å². The number of likely N-dealkylation sites (tertiary alicyclic amines) is 1. The predicted octanol–water partition coefficient (Wildman–Crippen LogP) is -0.737. The molecule has 1 aliphatic heterocycles. The zero-order chi connectivity index (χ0) is 9.14. The van der Waals surface area contributed by atoms with Crippen LogP contribution in [0.1, 0.15) is 6.42 Å². The molecule has 1 rings (SSSR count). The normalized spacial score (nSPS) is 23.8. The van der Waals surface area contributed by atoms with E-state index < -0.39 is 5.25 Å². The highest BCUT2D eigenvalue weighted by Crippen LogP contribution is 2.16. The van der Waals surface area contributed by atoms with E-state index in [1.165, 1.54) is 4.90 Å². The Kier molecular flexibility index (Phi) is 3.11. The molecule has 0 spiro atoms. The van der Waals surface area contributed by atoms with Crippen LogP contribution in [0.15, 0.2) is 0 Å². The Bertz CT molecular complexity index is 208. The summed E-state index contributed by atoms with van der Waals surface area (Å²) >= 11 is 4.00. The molecular weight excluding hydrogens is 176 g/mol. The maximum Gasteiger partial charge on any atom is 0.242 e. The summed E-state index contributed by atoms with van der Waals surface area (Å²) in [5, 5.41) is 2.46. The van der Waals surface area contributed by atoms with E-state index in [9.17, 15) is 9.59 Å². The molecule has 1 fully saturated rings. The minimum absolute atomic E-state index is 0.116. The molecule has 4 nitrogen and oxygen atoms in total. The number of carbonyl (C=O) groups excluding carboxylic acids is 2. The Balaban J connectivity index is 2.52. The molecule has 12 heavy (non-hydrogen) atoms. The molecule has 1 unspecified atom stereocenters. The molecule has 1 heterocycles. The second-order valence-electron chi connectivity index (χ2n) is 2.71. The van der Waals surface area contributed by atoms with E-state index in [4.69, 9.17) is 0 Å². The molecule has 0 aromatic rings. The van der Waals surface area contributed by atoms with Crippen molar-refractivity contribution in [3.8, 4) is 0 Å². The number of nitrogens with one attached hydrogen (secondary N) is 1. The van der Waals surface area contributed by atoms with E-state index in [0.29, 0.717) is 13.1 Å². The largest absolute Gasteiger partial charge is 0.318 e. The van der Waals surface area contributed by atoms with Gasteiger partial charge < -0.3 is 5.32 Å². The van der Waals surface area contributed by atoms with Crippen molar-refractivity contribution in [1.29, 1.82) is 0 Å². The van der Waals surface area contributed by atoms with Gasteiger partial charge in [0.05, 0.1) is 5.25 Å². The van der Waals surface area contributed by atoms with Crippen LogP contribution in [0.4, 0.5) is 0 Å². The van der Waals surface area contributed by atoms with Gasteiger partial charge in [0.2, 0.25) is 11.8 Å². The van der Waals surface area contributed by atoms with E-state index in [1.54, 1.807) is 7.05 Å². The molecule has 1 atom stereocenters. The number of hydrogen-bond acceptors (Lipinski definition) is 4. The molecule has 0 aromatic carbocycles. The molecule has 5 heteroatoms. The van der Waals surface area contributed by atoms with Gasteiger partial charge in [-0.05, 0) is 7.05 Å². The molecule has 0 bridgehead atoms. The Morgan fingerprint density at radius 2 is 2.33 bits per heavy atom. The summed E-state index contributed by atoms with van der Waals surface area (Å²) in [5.74, 6) is -0.283. The van der Waals surface area contributed by atoms with Crippen molar-refractivity contribution in [2.75, 3.05) is 20.1 Å². The highest BCUT2D eigenvalue weighted by Gasteiger charge is 2.35. The first-order valence-corrected chi connectivity index (χ1v) is 4.35. The summed E-state index contributed by atoms with van der Waals surface area (Å²) in [6, 6.07) is 0. The fourth-order valence-electron chi connectivity index (χ4n) is 1.12. The van der Waals surface area contributed by atoms with Crippen LogP contribution in [0.25, 0.3) is 0 Å². The van der Waals surface area contributed by atoms with Crippen molar-refractivity contribution in [3.05, 3.63) is 0 Å². The summed E-state index contributed by atoms with van der Waals surface area (Å²) in [6.45, 7) is 1.09. The molecule has 1 N–H and O–H groups in total. The third-order valence-corrected chi connectivity index (χ3v) is 2.21. The molecule has 0 radical (unpaired) electrons. The van der Waals surface area contributed by atoms with Crippen molar-refractivity contribution < 1.29 is 9.59 Å². The number of imide groups is 1. The van der Waals surface area contributed by atoms with Crippen LogP contribution in [0, 0.1) is 0 Å². The Hall–Kier alpha value is -0.550. The van der Waals surface area contributed by atoms with Crippen LogP contribution in [-0.2, 0) is 9.59 Å². The quantitative estimate of drug-likeness (QED) is 0.453. The lowest BCUT2D eigenvalue weighted by Crippen LogP contribution is -2.36. The zero-order valence-corrected chi connectivity index (χ0v) is 7.80. The van der Waals surface area contributed by atoms with Gasteiger partial charge in [0.1, 0.15) is 0 Å². The van der Waals surface area contributed by atoms with E-state index in [0.717, 1.165) is 0 Å². The summed E-state index contributed by atoms with van der Waals surface area (Å²) in [4.78, 5) is 23.6. The predicted molar refractivity (Wildman–Crippen MR) is 48.0 cm³/mol. The lowest BCUT2D eigenvalue weighted by Gasteiger charge is -2.12. The molecule has 0 aliphatic carbocycles. The Labute approximate surface area is 76.7 Å². The van der Waals surface area contributed by atoms with Crippen LogP contribution < -0.4 is 5.32 Å². The van der Waals surface area contributed by atoms with Crippen LogP contribution >= 0.6 is 12.6 Å². The molecule has 1 saturated heterocycles. The van der Waals surface area contributed by atoms with Crippen LogP contribution in [0.2, 0.25) is 0 Å². The Morgan fingerprint density at radius 1 is 1.67 bits per heavy atom. The molecule has 0 saturated carbocycles. The van der Waals surface area contributed by atoms with E-state index in [1.807, 2.05) is 0 Å². The topological polar surface area (TPSA) is 49.4 Å². The number of likely N-dealkylation sites (N-methyl/N-ethyl adjacent to an activating group) is 1. The van der Waals surface area contributed by atoms with Gasteiger partial charge in [-0.1, -0.05) is 0 Å². The summed E-state index contributed by atoms with van der Waals surface area (Å²) in [6.07, 6.45) is 0.242. The lowest BCUT2D eigenvalue weighted by molar-refractivity contribution is -0.138. The minimum atomic E-state index is -0.422. The molecule has 68 valence electrons. The van der Waals surface area contributed by atoms with Crippen molar-refractivity contribution in [1.82, 2.24) is 10.2 Å². The molecular formula is C7H12N2O2S. The monoisotopic (exact) mass is 188 g/mol. The van der Waals surface area contributed by atoms with Crippen LogP contribution in [0.5, 0.6) is 0 Å². The second-order valence-corrected chi connectivity index (χ2v) is 3.33. The summed E-state index contributed by atoms with van der Waals surface area (Å²) in [5.41, 5.74) is 0. The van der Waals surface area contributed by atoms with E-state index in [-0.39, 0.29) is 18.2 Å². The summed E-state index contributed by atoms with van der Waals surface area (Å²) < 4.78 is 0. The second kappa shape index (κ2) is 3.91. The Morgan fingerprint density at radius 3 is 2.75 bits per heavy atom. The maximum absolute atomic E-state index is 11.2. The number of hydrogen-bond donors (Lipinski definition) is 2. The standard InChI is InChI=1S/C7H12N2O2S/c1-8-2-3-9-6(10)4-5(12)7(9)11/h5,8,12H,2-4H2,1H3. The molecule has 0 aromatic heterocycles. The highest BCUT2D eigenvalue weighted by molar-refractivity contribution is 7.81. The third-order valence-electron chi connectivity index (χ3n) is 1.81. The van der Waals surface area contributed by atoms with Gasteiger partial charge in [-0.2, -0.15) is 12.6 Å². The highest BCUT2D eigenvalue weighted by atomic mass is 32.1. The number of nitrogens with zero attached hydrogens (tertiary/aromatic N) is 1. The van der Waals surface area contributed by atoms with E-state index in [2.05, 4.69) is 17.9 Å². The zero-order valence-electron chi connectivity index (χ0n) is 6.91. The van der Waals surface area contributed by atoms with Gasteiger partial charge in [-0.15, -0.1) is 0 Å². The van der Waals surface area contributed by atoms with Crippen molar-refractivity contribution in [3.63, 3.8) is 0 Å². The number of amides is 2. The average Bonchev–Trinajstić information content (AvgIpc) is 2.25. The summed E-state index contributed by atoms with van der Waals surface area (Å²) in [7, 11) is 1.78. The fourth-order valence-corrected chi connectivity index (χ4v) is 1.42.